The van der Waals surface area contributed by atoms with Gasteiger partial charge in [-0.2, -0.15) is 0 Å². The van der Waals surface area contributed by atoms with Crippen LogP contribution in [0, 0.1) is 0 Å². The Morgan fingerprint density at radius 1 is 1.19 bits per heavy atom. The van der Waals surface area contributed by atoms with E-state index >= 15 is 0 Å². The van der Waals surface area contributed by atoms with Gasteiger partial charge in [-0.25, -0.2) is 4.79 Å². The van der Waals surface area contributed by atoms with E-state index in [1.165, 1.54) is 16.7 Å². The maximum Gasteiger partial charge on any atom is 0.341 e. The van der Waals surface area contributed by atoms with Gasteiger partial charge in [0.25, 0.3) is 5.91 Å². The number of rotatable bonds is 10. The highest BCUT2D eigenvalue weighted by molar-refractivity contribution is 8.26. The molecule has 1 aliphatic heterocycles. The molecule has 1 saturated heterocycles. The fourth-order valence-corrected chi connectivity index (χ4v) is 3.71. The fraction of sp³-hybridized carbons (Fsp3) is 0.333. The molecule has 9 heteroatoms. The summed E-state index contributed by atoms with van der Waals surface area (Å²) in [6.45, 7) is 0.0246. The van der Waals surface area contributed by atoms with E-state index in [4.69, 9.17) is 27.2 Å². The van der Waals surface area contributed by atoms with E-state index in [0.29, 0.717) is 46.3 Å². The molecule has 1 aliphatic rings. The minimum atomic E-state index is -1.07. The highest BCUT2D eigenvalue weighted by atomic mass is 32.2. The maximum absolute atomic E-state index is 12.5. The molecule has 0 aromatic heterocycles. The molecule has 27 heavy (non-hydrogen) atoms. The normalized spacial score (nSPS) is 15.4. The Balaban J connectivity index is 1.96. The van der Waals surface area contributed by atoms with Gasteiger partial charge < -0.3 is 14.9 Å². The third-order valence-corrected chi connectivity index (χ3v) is 5.04. The third-order valence-electron chi connectivity index (χ3n) is 3.66. The number of hydrogen-bond donors (Lipinski definition) is 2. The summed E-state index contributed by atoms with van der Waals surface area (Å²) >= 11 is 6.48. The van der Waals surface area contributed by atoms with Gasteiger partial charge in [-0.1, -0.05) is 42.5 Å². The predicted molar refractivity (Wildman–Crippen MR) is 106 cm³/mol. The van der Waals surface area contributed by atoms with Crippen molar-refractivity contribution in [3.8, 4) is 5.75 Å². The SMILES string of the molecule is O=C(O)CCCCCN1C(=O)/C(=C/c2cccc(OCC(=O)O)c2)SC1=S. The molecule has 0 bridgehead atoms. The number of thiocarbonyl (C=S) groups is 1. The molecule has 2 rings (SSSR count). The largest absolute Gasteiger partial charge is 0.482 e. The Labute approximate surface area is 166 Å². The molecule has 144 valence electrons. The summed E-state index contributed by atoms with van der Waals surface area (Å²) in [5, 5.41) is 17.3. The average Bonchev–Trinajstić information content (AvgIpc) is 2.87. The van der Waals surface area contributed by atoms with Crippen LogP contribution in [0.1, 0.15) is 31.2 Å². The molecule has 0 aliphatic carbocycles. The molecule has 1 amide bonds. The average molecular weight is 409 g/mol. The molecule has 1 aromatic carbocycles. The van der Waals surface area contributed by atoms with Crippen molar-refractivity contribution in [3.05, 3.63) is 34.7 Å². The molecular weight excluding hydrogens is 390 g/mol. The number of carbonyl (C=O) groups is 3. The highest BCUT2D eigenvalue weighted by Crippen LogP contribution is 2.33. The van der Waals surface area contributed by atoms with E-state index in [0.717, 1.165) is 0 Å². The Hall–Kier alpha value is -2.39. The van der Waals surface area contributed by atoms with Crippen LogP contribution in [0.3, 0.4) is 0 Å². The van der Waals surface area contributed by atoms with Crippen LogP contribution in [0.4, 0.5) is 0 Å². The zero-order chi connectivity index (χ0) is 19.8. The standard InChI is InChI=1S/C18H19NO6S2/c20-15(21)7-2-1-3-8-19-17(24)14(27-18(19)26)10-12-5-4-6-13(9-12)25-11-16(22)23/h4-6,9-10H,1-3,7-8,11H2,(H,20,21)(H,22,23)/b14-10-. The van der Waals surface area contributed by atoms with Gasteiger partial charge in [-0.05, 0) is 36.6 Å². The van der Waals surface area contributed by atoms with Crippen LogP contribution in [0.2, 0.25) is 0 Å². The van der Waals surface area contributed by atoms with Gasteiger partial charge in [-0.15, -0.1) is 0 Å². The van der Waals surface area contributed by atoms with Crippen LogP contribution in [0.15, 0.2) is 29.2 Å². The number of hydrogen-bond acceptors (Lipinski definition) is 6. The quantitative estimate of drug-likeness (QED) is 0.345. The first kappa shape index (κ1) is 20.9. The second-order valence-corrected chi connectivity index (χ2v) is 7.47. The van der Waals surface area contributed by atoms with Crippen molar-refractivity contribution >= 4 is 52.2 Å². The van der Waals surface area contributed by atoms with Gasteiger partial charge in [0.05, 0.1) is 4.91 Å². The Morgan fingerprint density at radius 3 is 2.67 bits per heavy atom. The predicted octanol–water partition coefficient (Wildman–Crippen LogP) is 3.00. The topological polar surface area (TPSA) is 104 Å². The smallest absolute Gasteiger partial charge is 0.341 e. The van der Waals surface area contributed by atoms with Gasteiger partial charge in [0.1, 0.15) is 10.1 Å². The van der Waals surface area contributed by atoms with E-state index < -0.39 is 18.5 Å². The number of carboxylic acid groups (broad SMARTS) is 2. The zero-order valence-electron chi connectivity index (χ0n) is 14.4. The van der Waals surface area contributed by atoms with Gasteiger partial charge in [0.15, 0.2) is 6.61 Å². The molecule has 1 aromatic rings. The van der Waals surface area contributed by atoms with E-state index in [-0.39, 0.29) is 12.3 Å². The van der Waals surface area contributed by atoms with Gasteiger partial charge in [0, 0.05) is 13.0 Å². The molecule has 0 radical (unpaired) electrons. The van der Waals surface area contributed by atoms with E-state index in [1.807, 2.05) is 0 Å². The van der Waals surface area contributed by atoms with Crippen molar-refractivity contribution in [3.63, 3.8) is 0 Å². The van der Waals surface area contributed by atoms with Crippen molar-refractivity contribution < 1.29 is 29.3 Å². The molecule has 7 nitrogen and oxygen atoms in total. The van der Waals surface area contributed by atoms with E-state index in [2.05, 4.69) is 0 Å². The second-order valence-electron chi connectivity index (χ2n) is 5.79. The lowest BCUT2D eigenvalue weighted by Gasteiger charge is -2.13. The summed E-state index contributed by atoms with van der Waals surface area (Å²) in [6, 6.07) is 6.79. The fourth-order valence-electron chi connectivity index (χ4n) is 2.41. The number of thioether (sulfide) groups is 1. The number of unbranched alkanes of at least 4 members (excludes halogenated alkanes) is 2. The minimum absolute atomic E-state index is 0.124. The molecule has 2 N–H and O–H groups in total. The van der Waals surface area contributed by atoms with Gasteiger partial charge in [0.2, 0.25) is 0 Å². The lowest BCUT2D eigenvalue weighted by atomic mass is 10.2. The number of ether oxygens (including phenoxy) is 1. The summed E-state index contributed by atoms with van der Waals surface area (Å²) < 4.78 is 5.61. The first-order valence-electron chi connectivity index (χ1n) is 8.28. The van der Waals surface area contributed by atoms with Crippen molar-refractivity contribution in [2.24, 2.45) is 0 Å². The van der Waals surface area contributed by atoms with Gasteiger partial charge in [-0.3, -0.25) is 14.5 Å². The van der Waals surface area contributed by atoms with Crippen LogP contribution in [-0.2, 0) is 14.4 Å². The van der Waals surface area contributed by atoms with E-state index in [9.17, 15) is 14.4 Å². The Morgan fingerprint density at radius 2 is 1.96 bits per heavy atom. The van der Waals surface area contributed by atoms with Crippen molar-refractivity contribution in [2.45, 2.75) is 25.7 Å². The summed E-state index contributed by atoms with van der Waals surface area (Å²) in [6.07, 6.45) is 3.79. The summed E-state index contributed by atoms with van der Waals surface area (Å²) in [7, 11) is 0. The number of nitrogens with zero attached hydrogens (tertiary/aromatic N) is 1. The van der Waals surface area contributed by atoms with Crippen molar-refractivity contribution in [2.75, 3.05) is 13.2 Å². The third kappa shape index (κ3) is 6.69. The number of benzene rings is 1. The Bertz CT molecular complexity index is 777. The molecular formula is C18H19NO6S2. The molecule has 0 saturated carbocycles. The number of carbonyl (C=O) groups excluding carboxylic acids is 1. The van der Waals surface area contributed by atoms with Crippen LogP contribution < -0.4 is 4.74 Å². The molecule has 0 unspecified atom stereocenters. The molecule has 1 fully saturated rings. The summed E-state index contributed by atoms with van der Waals surface area (Å²) in [4.78, 5) is 35.6. The number of aliphatic carboxylic acids is 2. The lowest BCUT2D eigenvalue weighted by Crippen LogP contribution is -2.29. The summed E-state index contributed by atoms with van der Waals surface area (Å²) in [5.41, 5.74) is 0.708. The first-order valence-corrected chi connectivity index (χ1v) is 9.51. The Kier molecular flexibility index (Phi) is 7.81. The lowest BCUT2D eigenvalue weighted by molar-refractivity contribution is -0.139. The van der Waals surface area contributed by atoms with Crippen molar-refractivity contribution in [1.29, 1.82) is 0 Å². The van der Waals surface area contributed by atoms with Crippen LogP contribution in [-0.4, -0.2) is 50.4 Å². The minimum Gasteiger partial charge on any atom is -0.482 e. The van der Waals surface area contributed by atoms with Crippen LogP contribution in [0.25, 0.3) is 6.08 Å². The van der Waals surface area contributed by atoms with Crippen LogP contribution in [0.5, 0.6) is 5.75 Å². The number of amides is 1. The van der Waals surface area contributed by atoms with Gasteiger partial charge >= 0.3 is 11.9 Å². The van der Waals surface area contributed by atoms with Crippen molar-refractivity contribution in [1.82, 2.24) is 4.90 Å². The molecule has 0 spiro atoms. The van der Waals surface area contributed by atoms with E-state index in [1.54, 1.807) is 30.3 Å². The molecule has 1 heterocycles. The summed E-state index contributed by atoms with van der Waals surface area (Å²) in [5.74, 6) is -1.66. The maximum atomic E-state index is 12.5. The monoisotopic (exact) mass is 409 g/mol. The molecule has 0 atom stereocenters. The zero-order valence-corrected chi connectivity index (χ0v) is 16.1. The first-order chi connectivity index (χ1) is 12.9. The highest BCUT2D eigenvalue weighted by Gasteiger charge is 2.31. The number of carboxylic acids is 2. The van der Waals surface area contributed by atoms with Crippen LogP contribution >= 0.6 is 24.0 Å². The second kappa shape index (κ2) is 10.1.